The molecule has 0 aromatic heterocycles. The highest BCUT2D eigenvalue weighted by Crippen LogP contribution is 2.77. The van der Waals surface area contributed by atoms with Gasteiger partial charge in [0.2, 0.25) is 5.91 Å². The number of carboxylic acid groups (broad SMARTS) is 1. The van der Waals surface area contributed by atoms with Gasteiger partial charge in [-0.1, -0.05) is 54.0 Å². The average molecular weight is 753 g/mol. The van der Waals surface area contributed by atoms with Gasteiger partial charge in [0.05, 0.1) is 24.5 Å². The second-order valence-electron chi connectivity index (χ2n) is 21.6. The number of hydrogen-bond acceptors (Lipinski definition) is 7. The number of aliphatic hydroxyl groups is 1. The zero-order chi connectivity index (χ0) is 40.0. The van der Waals surface area contributed by atoms with Crippen LogP contribution < -0.4 is 0 Å². The number of carbonyl (C=O) groups excluding carboxylic acids is 3. The topological polar surface area (TPSA) is 124 Å². The lowest BCUT2D eigenvalue weighted by Crippen LogP contribution is -2.66. The van der Waals surface area contributed by atoms with Crippen LogP contribution in [0.5, 0.6) is 0 Å². The predicted molar refractivity (Wildman–Crippen MR) is 209 cm³/mol. The van der Waals surface area contributed by atoms with E-state index in [1.807, 2.05) is 23.9 Å². The van der Waals surface area contributed by atoms with E-state index in [1.165, 1.54) is 5.57 Å². The largest absolute Gasteiger partial charge is 0.481 e. The molecule has 9 atom stereocenters. The smallest absolute Gasteiger partial charge is 0.309 e. The Balaban J connectivity index is 1.29. The summed E-state index contributed by atoms with van der Waals surface area (Å²) in [5.41, 5.74) is 0.122. The van der Waals surface area contributed by atoms with E-state index in [4.69, 9.17) is 4.74 Å². The zero-order valence-electron chi connectivity index (χ0n) is 35.5. The third-order valence-electron chi connectivity index (χ3n) is 16.9. The number of rotatable bonds is 12. The molecule has 6 rings (SSSR count). The molecular weight excluding hydrogens is 681 g/mol. The van der Waals surface area contributed by atoms with Crippen molar-refractivity contribution in [2.45, 2.75) is 152 Å². The van der Waals surface area contributed by atoms with Crippen LogP contribution in [0.4, 0.5) is 0 Å². The lowest BCUT2D eigenvalue weighted by molar-refractivity contribution is -0.235. The highest BCUT2D eigenvalue weighted by molar-refractivity contribution is 6.00. The van der Waals surface area contributed by atoms with E-state index in [2.05, 4.69) is 48.5 Å². The lowest BCUT2D eigenvalue weighted by Gasteiger charge is -2.72. The number of nitrogens with zero attached hydrogens (tertiary/aromatic N) is 2. The fourth-order valence-electron chi connectivity index (χ4n) is 13.6. The van der Waals surface area contributed by atoms with Crippen LogP contribution in [0.15, 0.2) is 11.1 Å². The van der Waals surface area contributed by atoms with Gasteiger partial charge in [0, 0.05) is 30.3 Å². The summed E-state index contributed by atoms with van der Waals surface area (Å²) in [5.74, 6) is 0.406. The highest BCUT2D eigenvalue weighted by atomic mass is 16.5. The second kappa shape index (κ2) is 14.0. The van der Waals surface area contributed by atoms with Gasteiger partial charge in [0.15, 0.2) is 5.78 Å². The van der Waals surface area contributed by atoms with Crippen molar-refractivity contribution in [3.8, 4) is 0 Å². The van der Waals surface area contributed by atoms with Gasteiger partial charge < -0.3 is 24.7 Å². The fraction of sp³-hybridized carbons (Fsp3) is 0.867. The van der Waals surface area contributed by atoms with Crippen molar-refractivity contribution < 1.29 is 34.1 Å². The number of ether oxygens (including phenoxy) is 1. The Labute approximate surface area is 325 Å². The van der Waals surface area contributed by atoms with Crippen molar-refractivity contribution in [1.29, 1.82) is 0 Å². The minimum Gasteiger partial charge on any atom is -0.481 e. The van der Waals surface area contributed by atoms with Crippen molar-refractivity contribution in [2.75, 3.05) is 33.7 Å². The number of hydrogen-bond donors (Lipinski definition) is 2. The summed E-state index contributed by atoms with van der Waals surface area (Å²) in [4.78, 5) is 56.4. The molecule has 0 spiro atoms. The molecule has 0 heterocycles. The average Bonchev–Trinajstić information content (AvgIpc) is 3.81. The zero-order valence-corrected chi connectivity index (χ0v) is 35.5. The second-order valence-corrected chi connectivity index (χ2v) is 21.6. The van der Waals surface area contributed by atoms with Crippen LogP contribution >= 0.6 is 0 Å². The molecule has 6 aliphatic carbocycles. The van der Waals surface area contributed by atoms with Gasteiger partial charge >= 0.3 is 11.9 Å². The van der Waals surface area contributed by atoms with Crippen molar-refractivity contribution in [3.63, 3.8) is 0 Å². The molecule has 0 aliphatic heterocycles. The SMILES string of the molecule is CC(C)C1=C2[C@H]3CC[C@@H]4[C@@]5(C)CC[C@H](OC(=O)CC(C)(C)C(=O)O)C(C)(C)C5CC[C@@]4(C)[C@]3(C)CCC2([C@@H](O)CN(CC2CC2)C(=O)CN(C)C)CC1=O. The van der Waals surface area contributed by atoms with Crippen LogP contribution in [0.3, 0.4) is 0 Å². The highest BCUT2D eigenvalue weighted by Gasteiger charge is 2.71. The van der Waals surface area contributed by atoms with Crippen LogP contribution in [-0.4, -0.2) is 89.6 Å². The van der Waals surface area contributed by atoms with E-state index >= 15 is 0 Å². The van der Waals surface area contributed by atoms with Crippen LogP contribution in [0.25, 0.3) is 0 Å². The first kappa shape index (κ1) is 41.4. The molecule has 5 saturated carbocycles. The maximum atomic E-state index is 14.2. The van der Waals surface area contributed by atoms with Crippen molar-refractivity contribution in [3.05, 3.63) is 11.1 Å². The van der Waals surface area contributed by atoms with Gasteiger partial charge in [0.25, 0.3) is 0 Å². The standard InChI is InChI=1S/C45H72N2O7/c1-27(2)37-30(48)22-45(33(49)25-47(24-28-12-13-28)35(50)26-46(10)11)21-20-43(8)29(38(37)45)14-15-32-42(7)18-17-34(54-36(51)23-40(3,4)39(52)53)41(5,6)31(42)16-19-44(32,43)9/h27-29,31-34,49H,12-26H2,1-11H3,(H,52,53)/t29-,31?,32-,33+,34+,42+,43-,44-,45?/m1/s1. The molecule has 9 heteroatoms. The molecule has 5 fully saturated rings. The number of allylic oxidation sites excluding steroid dienone is 1. The van der Waals surface area contributed by atoms with E-state index in [1.54, 1.807) is 13.8 Å². The summed E-state index contributed by atoms with van der Waals surface area (Å²) in [7, 11) is 3.82. The number of Topliss-reactive ketones (excluding diaryl/α,β-unsaturated/α-hetero) is 1. The number of aliphatic carboxylic acids is 1. The molecule has 6 aliphatic rings. The van der Waals surface area contributed by atoms with Gasteiger partial charge in [-0.3, -0.25) is 19.2 Å². The summed E-state index contributed by atoms with van der Waals surface area (Å²) in [6.45, 7) is 20.8. The summed E-state index contributed by atoms with van der Waals surface area (Å²) in [6, 6.07) is 0. The Hall–Kier alpha value is -2.26. The van der Waals surface area contributed by atoms with Gasteiger partial charge in [-0.25, -0.2) is 0 Å². The summed E-state index contributed by atoms with van der Waals surface area (Å²) in [5, 5.41) is 22.1. The van der Waals surface area contributed by atoms with Gasteiger partial charge in [0.1, 0.15) is 6.10 Å². The number of amides is 1. The third-order valence-corrected chi connectivity index (χ3v) is 16.9. The van der Waals surface area contributed by atoms with E-state index in [9.17, 15) is 29.4 Å². The molecule has 9 nitrogen and oxygen atoms in total. The molecule has 0 saturated heterocycles. The maximum absolute atomic E-state index is 14.2. The normalized spacial score (nSPS) is 38.0. The van der Waals surface area contributed by atoms with E-state index < -0.39 is 28.9 Å². The first-order chi connectivity index (χ1) is 24.9. The number of likely N-dealkylation sites (N-methyl/N-ethyl adjacent to an activating group) is 1. The van der Waals surface area contributed by atoms with Crippen LogP contribution in [0, 0.1) is 62.1 Å². The maximum Gasteiger partial charge on any atom is 0.309 e. The lowest BCUT2D eigenvalue weighted by atomic mass is 9.33. The van der Waals surface area contributed by atoms with Crippen molar-refractivity contribution >= 4 is 23.6 Å². The Morgan fingerprint density at radius 2 is 1.56 bits per heavy atom. The fourth-order valence-corrected chi connectivity index (χ4v) is 13.6. The third kappa shape index (κ3) is 6.61. The predicted octanol–water partition coefficient (Wildman–Crippen LogP) is 7.54. The molecule has 2 unspecified atom stereocenters. The number of carbonyl (C=O) groups is 4. The van der Waals surface area contributed by atoms with Crippen molar-refractivity contribution in [1.82, 2.24) is 9.80 Å². The molecule has 304 valence electrons. The molecule has 54 heavy (non-hydrogen) atoms. The number of esters is 1. The Kier molecular flexibility index (Phi) is 10.7. The Morgan fingerprint density at radius 3 is 2.15 bits per heavy atom. The van der Waals surface area contributed by atoms with E-state index in [-0.39, 0.29) is 64.3 Å². The Bertz CT molecular complexity index is 1560. The van der Waals surface area contributed by atoms with Gasteiger partial charge in [-0.2, -0.15) is 0 Å². The van der Waals surface area contributed by atoms with E-state index in [0.717, 1.165) is 69.8 Å². The Morgan fingerprint density at radius 1 is 0.889 bits per heavy atom. The molecule has 2 N–H and O–H groups in total. The monoisotopic (exact) mass is 753 g/mol. The number of ketones is 1. The van der Waals surface area contributed by atoms with Crippen LogP contribution in [-0.2, 0) is 23.9 Å². The molecular formula is C45H72N2O7. The number of aliphatic hydroxyl groups excluding tert-OH is 1. The summed E-state index contributed by atoms with van der Waals surface area (Å²) >= 11 is 0. The molecule has 0 radical (unpaired) electrons. The van der Waals surface area contributed by atoms with Crippen LogP contribution in [0.1, 0.15) is 139 Å². The first-order valence-corrected chi connectivity index (χ1v) is 21.3. The number of fused-ring (bicyclic) bond motifs is 7. The molecule has 0 aromatic rings. The minimum absolute atomic E-state index is 0.0177. The number of carboxylic acids is 1. The minimum atomic E-state index is -1.17. The van der Waals surface area contributed by atoms with Gasteiger partial charge in [-0.15, -0.1) is 0 Å². The molecule has 1 amide bonds. The quantitative estimate of drug-likeness (QED) is 0.196. The van der Waals surface area contributed by atoms with Gasteiger partial charge in [-0.05, 0) is 144 Å². The molecule has 0 bridgehead atoms. The summed E-state index contributed by atoms with van der Waals surface area (Å²) < 4.78 is 6.17. The first-order valence-electron chi connectivity index (χ1n) is 21.3. The van der Waals surface area contributed by atoms with E-state index in [0.29, 0.717) is 37.3 Å². The summed E-state index contributed by atoms with van der Waals surface area (Å²) in [6.07, 6.45) is 8.97. The molecule has 0 aromatic carbocycles. The van der Waals surface area contributed by atoms with Crippen molar-refractivity contribution in [2.24, 2.45) is 62.1 Å². The van der Waals surface area contributed by atoms with Crippen LogP contribution in [0.2, 0.25) is 0 Å².